The molecule has 1 saturated heterocycles. The molecule has 1 fully saturated rings. The van der Waals surface area contributed by atoms with Crippen molar-refractivity contribution in [2.24, 2.45) is 0 Å². The highest BCUT2D eigenvalue weighted by atomic mass is 16.5. The fourth-order valence-corrected chi connectivity index (χ4v) is 3.31. The maximum atomic E-state index is 5.54. The first-order chi connectivity index (χ1) is 12.7. The molecule has 0 amide bonds. The summed E-state index contributed by atoms with van der Waals surface area (Å²) in [5, 5.41) is 8.27. The summed E-state index contributed by atoms with van der Waals surface area (Å²) < 4.78 is 11.0. The number of nitrogens with zero attached hydrogens (tertiary/aromatic N) is 5. The Balaban J connectivity index is 1.42. The van der Waals surface area contributed by atoms with Crippen LogP contribution in [0.1, 0.15) is 55.9 Å². The molecule has 0 unspecified atom stereocenters. The van der Waals surface area contributed by atoms with Crippen molar-refractivity contribution in [3.05, 3.63) is 47.9 Å². The molecular weight excluding hydrogens is 330 g/mol. The van der Waals surface area contributed by atoms with Gasteiger partial charge in [0.25, 0.3) is 0 Å². The SMILES string of the molecule is CC(C)c1cc(CN2CCC[C@@H](c3nc(-c4cccnc4)no3)C2)on1. The summed E-state index contributed by atoms with van der Waals surface area (Å²) in [5.74, 6) is 2.84. The van der Waals surface area contributed by atoms with Gasteiger partial charge in [-0.3, -0.25) is 9.88 Å². The molecule has 1 atom stereocenters. The topological polar surface area (TPSA) is 81.1 Å². The molecule has 1 aliphatic rings. The van der Waals surface area contributed by atoms with Crippen molar-refractivity contribution in [1.82, 2.24) is 25.2 Å². The summed E-state index contributed by atoms with van der Waals surface area (Å²) in [7, 11) is 0. The Morgan fingerprint density at radius 3 is 2.96 bits per heavy atom. The highest BCUT2D eigenvalue weighted by Crippen LogP contribution is 2.28. The van der Waals surface area contributed by atoms with E-state index in [9.17, 15) is 0 Å². The fourth-order valence-electron chi connectivity index (χ4n) is 3.31. The molecule has 0 aliphatic carbocycles. The van der Waals surface area contributed by atoms with Crippen molar-refractivity contribution in [2.75, 3.05) is 13.1 Å². The lowest BCUT2D eigenvalue weighted by Gasteiger charge is -2.29. The fraction of sp³-hybridized carbons (Fsp3) is 0.474. The van der Waals surface area contributed by atoms with E-state index in [-0.39, 0.29) is 5.92 Å². The predicted octanol–water partition coefficient (Wildman–Crippen LogP) is 3.62. The normalized spacial score (nSPS) is 18.5. The molecule has 0 spiro atoms. The van der Waals surface area contributed by atoms with Crippen LogP contribution in [0.5, 0.6) is 0 Å². The third kappa shape index (κ3) is 3.67. The minimum absolute atomic E-state index is 0.245. The summed E-state index contributed by atoms with van der Waals surface area (Å²) in [6.45, 7) is 6.92. The molecule has 7 heteroatoms. The lowest BCUT2D eigenvalue weighted by atomic mass is 9.98. The zero-order chi connectivity index (χ0) is 17.9. The second kappa shape index (κ2) is 7.37. The van der Waals surface area contributed by atoms with Gasteiger partial charge in [0.15, 0.2) is 5.76 Å². The number of likely N-dealkylation sites (tertiary alicyclic amines) is 1. The van der Waals surface area contributed by atoms with Crippen molar-refractivity contribution in [2.45, 2.75) is 45.1 Å². The highest BCUT2D eigenvalue weighted by molar-refractivity contribution is 5.51. The molecule has 0 radical (unpaired) electrons. The first-order valence-electron chi connectivity index (χ1n) is 9.11. The summed E-state index contributed by atoms with van der Waals surface area (Å²) in [4.78, 5) is 11.1. The third-order valence-electron chi connectivity index (χ3n) is 4.76. The predicted molar refractivity (Wildman–Crippen MR) is 95.4 cm³/mol. The van der Waals surface area contributed by atoms with E-state index < -0.39 is 0 Å². The zero-order valence-electron chi connectivity index (χ0n) is 15.1. The molecule has 4 rings (SSSR count). The van der Waals surface area contributed by atoms with Crippen molar-refractivity contribution in [3.63, 3.8) is 0 Å². The molecule has 3 aromatic rings. The average molecular weight is 353 g/mol. The lowest BCUT2D eigenvalue weighted by Crippen LogP contribution is -2.33. The molecule has 4 heterocycles. The molecule has 0 N–H and O–H groups in total. The maximum absolute atomic E-state index is 5.54. The number of rotatable bonds is 5. The average Bonchev–Trinajstić information content (AvgIpc) is 3.32. The van der Waals surface area contributed by atoms with E-state index in [4.69, 9.17) is 9.05 Å². The number of hydrogen-bond donors (Lipinski definition) is 0. The van der Waals surface area contributed by atoms with Gasteiger partial charge in [0.05, 0.1) is 18.2 Å². The van der Waals surface area contributed by atoms with Crippen LogP contribution in [0.2, 0.25) is 0 Å². The van der Waals surface area contributed by atoms with Crippen LogP contribution in [0.3, 0.4) is 0 Å². The van der Waals surface area contributed by atoms with Crippen molar-refractivity contribution in [1.29, 1.82) is 0 Å². The highest BCUT2D eigenvalue weighted by Gasteiger charge is 2.27. The molecule has 3 aromatic heterocycles. The number of aromatic nitrogens is 4. The van der Waals surface area contributed by atoms with E-state index in [2.05, 4.69) is 45.1 Å². The van der Waals surface area contributed by atoms with Gasteiger partial charge in [-0.05, 0) is 37.4 Å². The van der Waals surface area contributed by atoms with Crippen molar-refractivity contribution < 1.29 is 9.05 Å². The van der Waals surface area contributed by atoms with Crippen LogP contribution in [-0.2, 0) is 6.54 Å². The minimum atomic E-state index is 0.245. The van der Waals surface area contributed by atoms with Crippen LogP contribution >= 0.6 is 0 Å². The summed E-state index contributed by atoms with van der Waals surface area (Å²) >= 11 is 0. The summed E-state index contributed by atoms with van der Waals surface area (Å²) in [6.07, 6.45) is 5.63. The molecular formula is C19H23N5O2. The molecule has 26 heavy (non-hydrogen) atoms. The maximum Gasteiger partial charge on any atom is 0.231 e. The molecule has 0 bridgehead atoms. The quantitative estimate of drug-likeness (QED) is 0.693. The Morgan fingerprint density at radius 2 is 2.19 bits per heavy atom. The van der Waals surface area contributed by atoms with E-state index in [1.165, 1.54) is 0 Å². The van der Waals surface area contributed by atoms with Gasteiger partial charge in [-0.2, -0.15) is 4.98 Å². The number of piperidine rings is 1. The van der Waals surface area contributed by atoms with Gasteiger partial charge in [0.1, 0.15) is 0 Å². The van der Waals surface area contributed by atoms with Crippen molar-refractivity contribution >= 4 is 0 Å². The van der Waals surface area contributed by atoms with E-state index in [1.807, 2.05) is 12.1 Å². The van der Waals surface area contributed by atoms with Gasteiger partial charge in [0.2, 0.25) is 11.7 Å². The smallest absolute Gasteiger partial charge is 0.231 e. The second-order valence-corrected chi connectivity index (χ2v) is 7.14. The van der Waals surface area contributed by atoms with E-state index in [0.29, 0.717) is 17.6 Å². The van der Waals surface area contributed by atoms with Gasteiger partial charge in [-0.15, -0.1) is 0 Å². The third-order valence-corrected chi connectivity index (χ3v) is 4.76. The van der Waals surface area contributed by atoms with Crippen LogP contribution in [0, 0.1) is 0 Å². The monoisotopic (exact) mass is 353 g/mol. The summed E-state index contributed by atoms with van der Waals surface area (Å²) in [6, 6.07) is 5.86. The molecule has 7 nitrogen and oxygen atoms in total. The van der Waals surface area contributed by atoms with Gasteiger partial charge >= 0.3 is 0 Å². The Kier molecular flexibility index (Phi) is 4.79. The van der Waals surface area contributed by atoms with E-state index in [0.717, 1.165) is 49.5 Å². The van der Waals surface area contributed by atoms with Gasteiger partial charge in [-0.25, -0.2) is 0 Å². The Labute approximate surface area is 152 Å². The van der Waals surface area contributed by atoms with Gasteiger partial charge < -0.3 is 9.05 Å². The zero-order valence-corrected chi connectivity index (χ0v) is 15.1. The van der Waals surface area contributed by atoms with Crippen LogP contribution in [0.15, 0.2) is 39.6 Å². The van der Waals surface area contributed by atoms with Gasteiger partial charge in [-0.1, -0.05) is 24.2 Å². The summed E-state index contributed by atoms with van der Waals surface area (Å²) in [5.41, 5.74) is 1.88. The molecule has 1 aliphatic heterocycles. The molecule has 0 aromatic carbocycles. The Bertz CT molecular complexity index is 843. The number of pyridine rings is 1. The van der Waals surface area contributed by atoms with Crippen LogP contribution in [-0.4, -0.2) is 38.3 Å². The first kappa shape index (κ1) is 16.9. The van der Waals surface area contributed by atoms with Crippen molar-refractivity contribution in [3.8, 4) is 11.4 Å². The second-order valence-electron chi connectivity index (χ2n) is 7.14. The Hall–Kier alpha value is -2.54. The van der Waals surface area contributed by atoms with Crippen LogP contribution < -0.4 is 0 Å². The lowest BCUT2D eigenvalue weighted by molar-refractivity contribution is 0.164. The Morgan fingerprint density at radius 1 is 1.27 bits per heavy atom. The molecule has 136 valence electrons. The standard InChI is InChI=1S/C19H23N5O2/c1-13(2)17-9-16(25-22-17)12-24-8-4-6-15(11-24)19-21-18(23-26-19)14-5-3-7-20-10-14/h3,5,7,9-10,13,15H,4,6,8,11-12H2,1-2H3/t15-/m1/s1. The van der Waals surface area contributed by atoms with Crippen LogP contribution in [0.25, 0.3) is 11.4 Å². The molecule has 0 saturated carbocycles. The van der Waals surface area contributed by atoms with Crippen LogP contribution in [0.4, 0.5) is 0 Å². The minimum Gasteiger partial charge on any atom is -0.360 e. The van der Waals surface area contributed by atoms with Gasteiger partial charge in [0, 0.05) is 30.6 Å². The largest absolute Gasteiger partial charge is 0.360 e. The first-order valence-corrected chi connectivity index (χ1v) is 9.11. The van der Waals surface area contributed by atoms with E-state index >= 15 is 0 Å². The number of hydrogen-bond acceptors (Lipinski definition) is 7. The van der Waals surface area contributed by atoms with E-state index in [1.54, 1.807) is 12.4 Å².